The van der Waals surface area contributed by atoms with Crippen LogP contribution in [0.4, 0.5) is 0 Å². The maximum absolute atomic E-state index is 11.1. The highest BCUT2D eigenvalue weighted by Crippen LogP contribution is 2.12. The second-order valence-corrected chi connectivity index (χ2v) is 4.08. The smallest absolute Gasteiger partial charge is 0.359 e. The predicted octanol–water partition coefficient (Wildman–Crippen LogP) is -1.15. The molecule has 1 rings (SSSR count). The average molecular weight is 219 g/mol. The van der Waals surface area contributed by atoms with E-state index >= 15 is 0 Å². The standard InChI is InChI=1S/C6H9N3O4S/c1-9-3-4(14(7,11)12)5(8-9)6(10)13-2/h3H,1-2H3,(H2,7,11,12). The molecule has 78 valence electrons. The highest BCUT2D eigenvalue weighted by Gasteiger charge is 2.23. The van der Waals surface area contributed by atoms with Gasteiger partial charge in [-0.05, 0) is 0 Å². The topological polar surface area (TPSA) is 104 Å². The van der Waals surface area contributed by atoms with Gasteiger partial charge in [-0.2, -0.15) is 5.10 Å². The third-order valence-electron chi connectivity index (χ3n) is 1.48. The highest BCUT2D eigenvalue weighted by molar-refractivity contribution is 7.89. The highest BCUT2D eigenvalue weighted by atomic mass is 32.2. The second-order valence-electron chi connectivity index (χ2n) is 2.55. The van der Waals surface area contributed by atoms with Gasteiger partial charge in [-0.3, -0.25) is 4.68 Å². The lowest BCUT2D eigenvalue weighted by Gasteiger charge is -1.96. The molecular formula is C6H9N3O4S. The largest absolute Gasteiger partial charge is 0.464 e. The number of hydrogen-bond acceptors (Lipinski definition) is 5. The molecule has 0 aliphatic carbocycles. The van der Waals surface area contributed by atoms with E-state index in [1.165, 1.54) is 11.7 Å². The van der Waals surface area contributed by atoms with Crippen molar-refractivity contribution in [3.05, 3.63) is 11.9 Å². The van der Waals surface area contributed by atoms with Crippen LogP contribution in [-0.4, -0.2) is 31.3 Å². The number of sulfonamides is 1. The zero-order chi connectivity index (χ0) is 10.9. The van der Waals surface area contributed by atoms with Gasteiger partial charge in [-0.25, -0.2) is 18.4 Å². The first-order chi connectivity index (χ1) is 6.36. The molecule has 0 fully saturated rings. The summed E-state index contributed by atoms with van der Waals surface area (Å²) in [6, 6.07) is 0. The summed E-state index contributed by atoms with van der Waals surface area (Å²) in [5.74, 6) is -0.838. The Hall–Kier alpha value is -1.41. The molecule has 0 saturated carbocycles. The van der Waals surface area contributed by atoms with Crippen molar-refractivity contribution in [2.24, 2.45) is 12.2 Å². The summed E-state index contributed by atoms with van der Waals surface area (Å²) in [6.45, 7) is 0. The lowest BCUT2D eigenvalue weighted by molar-refractivity contribution is 0.0589. The number of carbonyl (C=O) groups excluding carboxylic acids is 1. The normalized spacial score (nSPS) is 11.4. The summed E-state index contributed by atoms with van der Waals surface area (Å²) in [5, 5.41) is 8.51. The maximum Gasteiger partial charge on any atom is 0.359 e. The first kappa shape index (κ1) is 10.7. The Kier molecular flexibility index (Phi) is 2.58. The van der Waals surface area contributed by atoms with Gasteiger partial charge in [-0.15, -0.1) is 0 Å². The fraction of sp³-hybridized carbons (Fsp3) is 0.333. The Labute approximate surface area is 80.5 Å². The SMILES string of the molecule is COC(=O)c1nn(C)cc1S(N)(=O)=O. The molecule has 8 heteroatoms. The van der Waals surface area contributed by atoms with E-state index in [0.29, 0.717) is 0 Å². The molecule has 0 unspecified atom stereocenters. The maximum atomic E-state index is 11.1. The van der Waals surface area contributed by atoms with Gasteiger partial charge in [0.05, 0.1) is 7.11 Å². The number of methoxy groups -OCH3 is 1. The van der Waals surface area contributed by atoms with Crippen LogP contribution < -0.4 is 5.14 Å². The molecule has 7 nitrogen and oxygen atoms in total. The van der Waals surface area contributed by atoms with E-state index in [9.17, 15) is 13.2 Å². The van der Waals surface area contributed by atoms with Crippen LogP contribution in [0.15, 0.2) is 11.1 Å². The number of nitrogens with two attached hydrogens (primary N) is 1. The van der Waals surface area contributed by atoms with Crippen molar-refractivity contribution in [2.45, 2.75) is 4.90 Å². The van der Waals surface area contributed by atoms with Crippen LogP contribution in [0.2, 0.25) is 0 Å². The average Bonchev–Trinajstić information content (AvgIpc) is 2.45. The summed E-state index contributed by atoms with van der Waals surface area (Å²) >= 11 is 0. The van der Waals surface area contributed by atoms with Gasteiger partial charge in [0.1, 0.15) is 4.90 Å². The molecule has 0 radical (unpaired) electrons. The molecule has 0 saturated heterocycles. The zero-order valence-electron chi connectivity index (χ0n) is 7.59. The van der Waals surface area contributed by atoms with Crippen molar-refractivity contribution in [1.29, 1.82) is 0 Å². The third-order valence-corrected chi connectivity index (χ3v) is 2.39. The van der Waals surface area contributed by atoms with Crippen molar-refractivity contribution >= 4 is 16.0 Å². The Morgan fingerprint density at radius 1 is 1.64 bits per heavy atom. The van der Waals surface area contributed by atoms with Gasteiger partial charge in [-0.1, -0.05) is 0 Å². The molecule has 0 atom stereocenters. The Morgan fingerprint density at radius 2 is 2.21 bits per heavy atom. The number of esters is 1. The minimum absolute atomic E-state index is 0.308. The summed E-state index contributed by atoms with van der Waals surface area (Å²) in [4.78, 5) is 10.7. The van der Waals surface area contributed by atoms with E-state index < -0.39 is 16.0 Å². The van der Waals surface area contributed by atoms with E-state index in [0.717, 1.165) is 13.3 Å². The van der Waals surface area contributed by atoms with Gasteiger partial charge < -0.3 is 4.74 Å². The van der Waals surface area contributed by atoms with Gasteiger partial charge in [0.25, 0.3) is 0 Å². The van der Waals surface area contributed by atoms with Crippen molar-refractivity contribution in [3.63, 3.8) is 0 Å². The summed E-state index contributed by atoms with van der Waals surface area (Å²) in [7, 11) is -1.35. The number of aromatic nitrogens is 2. The van der Waals surface area contributed by atoms with Crippen LogP contribution in [0, 0.1) is 0 Å². The number of aryl methyl sites for hydroxylation is 1. The van der Waals surface area contributed by atoms with Crippen LogP contribution in [0.5, 0.6) is 0 Å². The molecular weight excluding hydrogens is 210 g/mol. The van der Waals surface area contributed by atoms with E-state index in [1.54, 1.807) is 0 Å². The minimum Gasteiger partial charge on any atom is -0.464 e. The third kappa shape index (κ3) is 1.91. The first-order valence-corrected chi connectivity index (χ1v) is 5.05. The summed E-state index contributed by atoms with van der Waals surface area (Å²) < 4.78 is 27.5. The van der Waals surface area contributed by atoms with E-state index in [-0.39, 0.29) is 10.6 Å². The molecule has 1 aromatic rings. The quantitative estimate of drug-likeness (QED) is 0.633. The number of hydrogen-bond donors (Lipinski definition) is 1. The van der Waals surface area contributed by atoms with Crippen LogP contribution >= 0.6 is 0 Å². The number of ether oxygens (including phenoxy) is 1. The zero-order valence-corrected chi connectivity index (χ0v) is 8.41. The molecule has 0 amide bonds. The van der Waals surface area contributed by atoms with Crippen molar-refractivity contribution in [1.82, 2.24) is 9.78 Å². The van der Waals surface area contributed by atoms with Crippen molar-refractivity contribution in [3.8, 4) is 0 Å². The lowest BCUT2D eigenvalue weighted by Crippen LogP contribution is -2.16. The molecule has 0 aromatic carbocycles. The number of primary sulfonamides is 1. The lowest BCUT2D eigenvalue weighted by atomic mass is 10.4. The van der Waals surface area contributed by atoms with Crippen LogP contribution in [-0.2, 0) is 21.8 Å². The molecule has 2 N–H and O–H groups in total. The van der Waals surface area contributed by atoms with Crippen LogP contribution in [0.3, 0.4) is 0 Å². The van der Waals surface area contributed by atoms with Crippen molar-refractivity contribution in [2.75, 3.05) is 7.11 Å². The molecule has 0 spiro atoms. The molecule has 14 heavy (non-hydrogen) atoms. The Bertz CT molecular complexity index is 461. The van der Waals surface area contributed by atoms with Gasteiger partial charge in [0.2, 0.25) is 10.0 Å². The fourth-order valence-corrected chi connectivity index (χ4v) is 1.61. The predicted molar refractivity (Wildman–Crippen MR) is 45.9 cm³/mol. The summed E-state index contributed by atoms with van der Waals surface area (Å²) in [5.41, 5.74) is -0.308. The van der Waals surface area contributed by atoms with Gasteiger partial charge in [0, 0.05) is 13.2 Å². The fourth-order valence-electron chi connectivity index (χ4n) is 0.913. The molecule has 1 aromatic heterocycles. The molecule has 0 aliphatic heterocycles. The number of rotatable bonds is 2. The van der Waals surface area contributed by atoms with Crippen LogP contribution in [0.25, 0.3) is 0 Å². The van der Waals surface area contributed by atoms with Crippen LogP contribution in [0.1, 0.15) is 10.5 Å². The van der Waals surface area contributed by atoms with Crippen molar-refractivity contribution < 1.29 is 17.9 Å². The monoisotopic (exact) mass is 219 g/mol. The second kappa shape index (κ2) is 3.39. The van der Waals surface area contributed by atoms with E-state index in [2.05, 4.69) is 9.84 Å². The molecule has 0 bridgehead atoms. The van der Waals surface area contributed by atoms with Gasteiger partial charge in [0.15, 0.2) is 5.69 Å². The molecule has 1 heterocycles. The Balaban J connectivity index is 3.38. The first-order valence-electron chi connectivity index (χ1n) is 3.51. The van der Waals surface area contributed by atoms with Gasteiger partial charge >= 0.3 is 5.97 Å². The van der Waals surface area contributed by atoms with E-state index in [1.807, 2.05) is 0 Å². The number of nitrogens with zero attached hydrogens (tertiary/aromatic N) is 2. The molecule has 0 aliphatic rings. The Morgan fingerprint density at radius 3 is 2.64 bits per heavy atom. The van der Waals surface area contributed by atoms with E-state index in [4.69, 9.17) is 5.14 Å². The minimum atomic E-state index is -3.95. The summed E-state index contributed by atoms with van der Waals surface area (Å²) in [6.07, 6.45) is 1.14. The number of carbonyl (C=O) groups is 1.